The van der Waals surface area contributed by atoms with E-state index in [0.717, 1.165) is 28.7 Å². The predicted octanol–water partition coefficient (Wildman–Crippen LogP) is 2.37. The fraction of sp³-hybridized carbons (Fsp3) is 0.143. The molecular formula is C14H13N3O. The highest BCUT2D eigenvalue weighted by atomic mass is 16.1. The first-order chi connectivity index (χ1) is 8.72. The molecule has 3 rings (SSSR count). The number of fused-ring (bicyclic) bond motifs is 3. The Kier molecular flexibility index (Phi) is 2.30. The lowest BCUT2D eigenvalue weighted by Gasteiger charge is -2.12. The van der Waals surface area contributed by atoms with Crippen LogP contribution in [0.15, 0.2) is 36.4 Å². The van der Waals surface area contributed by atoms with Crippen LogP contribution in [0.5, 0.6) is 0 Å². The molecular weight excluding hydrogens is 226 g/mol. The average molecular weight is 239 g/mol. The number of para-hydroxylation sites is 1. The number of carbonyl (C=O) groups is 1. The van der Waals surface area contributed by atoms with Crippen molar-refractivity contribution in [1.29, 1.82) is 0 Å². The summed E-state index contributed by atoms with van der Waals surface area (Å²) in [7, 11) is 3.84. The first-order valence-corrected chi connectivity index (χ1v) is 5.75. The molecule has 0 N–H and O–H groups in total. The summed E-state index contributed by atoms with van der Waals surface area (Å²) in [5.41, 5.74) is 2.37. The molecule has 1 aromatic carbocycles. The maximum atomic E-state index is 11.1. The van der Waals surface area contributed by atoms with E-state index in [0.29, 0.717) is 5.69 Å². The molecule has 0 spiro atoms. The Morgan fingerprint density at radius 3 is 2.61 bits per heavy atom. The molecule has 0 fully saturated rings. The summed E-state index contributed by atoms with van der Waals surface area (Å²) in [5, 5.41) is 1.13. The highest BCUT2D eigenvalue weighted by Gasteiger charge is 2.13. The van der Waals surface area contributed by atoms with Gasteiger partial charge in [-0.05, 0) is 17.5 Å². The lowest BCUT2D eigenvalue weighted by atomic mass is 10.2. The third-order valence-corrected chi connectivity index (χ3v) is 3.03. The van der Waals surface area contributed by atoms with E-state index in [1.54, 1.807) is 0 Å². The zero-order valence-corrected chi connectivity index (χ0v) is 10.3. The molecule has 3 aromatic rings. The second kappa shape index (κ2) is 3.84. The number of benzene rings is 1. The lowest BCUT2D eigenvalue weighted by Crippen LogP contribution is -2.12. The summed E-state index contributed by atoms with van der Waals surface area (Å²) in [5.74, 6) is 0.768. The van der Waals surface area contributed by atoms with Crippen LogP contribution in [0.2, 0.25) is 0 Å². The van der Waals surface area contributed by atoms with Crippen LogP contribution in [0, 0.1) is 0 Å². The van der Waals surface area contributed by atoms with Crippen LogP contribution in [-0.2, 0) is 0 Å². The van der Waals surface area contributed by atoms with Crippen LogP contribution in [0.4, 0.5) is 5.95 Å². The van der Waals surface area contributed by atoms with Gasteiger partial charge < -0.3 is 4.90 Å². The summed E-state index contributed by atoms with van der Waals surface area (Å²) in [6.45, 7) is 0. The molecule has 18 heavy (non-hydrogen) atoms. The minimum atomic E-state index is 0.476. The highest BCUT2D eigenvalue weighted by Crippen LogP contribution is 2.24. The van der Waals surface area contributed by atoms with Crippen molar-refractivity contribution in [2.24, 2.45) is 0 Å². The maximum Gasteiger partial charge on any atom is 0.210 e. The van der Waals surface area contributed by atoms with Gasteiger partial charge in [0.05, 0.1) is 11.0 Å². The summed E-state index contributed by atoms with van der Waals surface area (Å²) >= 11 is 0. The van der Waals surface area contributed by atoms with E-state index in [1.807, 2.05) is 53.7 Å². The number of aldehydes is 1. The molecule has 4 heteroatoms. The van der Waals surface area contributed by atoms with Crippen molar-refractivity contribution in [3.05, 3.63) is 42.1 Å². The molecule has 0 saturated carbocycles. The molecule has 2 heterocycles. The summed E-state index contributed by atoms with van der Waals surface area (Å²) in [4.78, 5) is 17.4. The lowest BCUT2D eigenvalue weighted by molar-refractivity contribution is 0.112. The normalized spacial score (nSPS) is 11.0. The quantitative estimate of drug-likeness (QED) is 0.644. The Morgan fingerprint density at radius 2 is 1.89 bits per heavy atom. The van der Waals surface area contributed by atoms with Gasteiger partial charge in [0.15, 0.2) is 6.29 Å². The third-order valence-electron chi connectivity index (χ3n) is 3.03. The van der Waals surface area contributed by atoms with Crippen molar-refractivity contribution in [1.82, 2.24) is 9.38 Å². The van der Waals surface area contributed by atoms with Crippen LogP contribution in [0.25, 0.3) is 16.4 Å². The van der Waals surface area contributed by atoms with E-state index < -0.39 is 0 Å². The van der Waals surface area contributed by atoms with Crippen LogP contribution in [-0.4, -0.2) is 29.8 Å². The number of pyridine rings is 1. The zero-order chi connectivity index (χ0) is 12.7. The number of carbonyl (C=O) groups excluding carboxylic acids is 1. The van der Waals surface area contributed by atoms with Crippen LogP contribution in [0.1, 0.15) is 10.5 Å². The van der Waals surface area contributed by atoms with Crippen molar-refractivity contribution in [2.75, 3.05) is 19.0 Å². The van der Waals surface area contributed by atoms with Crippen molar-refractivity contribution in [2.45, 2.75) is 0 Å². The highest BCUT2D eigenvalue weighted by molar-refractivity contribution is 5.91. The average Bonchev–Trinajstić information content (AvgIpc) is 2.78. The molecule has 4 nitrogen and oxygen atoms in total. The summed E-state index contributed by atoms with van der Waals surface area (Å²) in [6.07, 6.45) is 0.803. The fourth-order valence-electron chi connectivity index (χ4n) is 2.22. The monoisotopic (exact) mass is 239 g/mol. The zero-order valence-electron chi connectivity index (χ0n) is 10.3. The van der Waals surface area contributed by atoms with E-state index in [2.05, 4.69) is 11.1 Å². The van der Waals surface area contributed by atoms with E-state index in [4.69, 9.17) is 0 Å². The molecule has 0 radical (unpaired) electrons. The Balaban J connectivity index is 2.55. The van der Waals surface area contributed by atoms with Crippen molar-refractivity contribution >= 4 is 28.7 Å². The van der Waals surface area contributed by atoms with E-state index in [-0.39, 0.29) is 0 Å². The minimum Gasteiger partial charge on any atom is -0.348 e. The van der Waals surface area contributed by atoms with Crippen LogP contribution < -0.4 is 4.90 Å². The Labute approximate surface area is 104 Å². The smallest absolute Gasteiger partial charge is 0.210 e. The van der Waals surface area contributed by atoms with Crippen molar-refractivity contribution in [3.63, 3.8) is 0 Å². The second-order valence-electron chi connectivity index (χ2n) is 4.42. The SMILES string of the molecule is CN(C)c1nc(C=O)c2ccc3ccccc3n12. The van der Waals surface area contributed by atoms with Gasteiger partial charge in [-0.15, -0.1) is 0 Å². The van der Waals surface area contributed by atoms with E-state index in [9.17, 15) is 4.79 Å². The van der Waals surface area contributed by atoms with Gasteiger partial charge in [0, 0.05) is 14.1 Å². The van der Waals surface area contributed by atoms with Gasteiger partial charge in [0.2, 0.25) is 5.95 Å². The number of hydrogen-bond acceptors (Lipinski definition) is 3. The number of aromatic nitrogens is 2. The second-order valence-corrected chi connectivity index (χ2v) is 4.42. The van der Waals surface area contributed by atoms with Gasteiger partial charge in [0.1, 0.15) is 5.69 Å². The number of anilines is 1. The number of hydrogen-bond donors (Lipinski definition) is 0. The largest absolute Gasteiger partial charge is 0.348 e. The molecule has 0 aliphatic rings. The molecule has 2 aromatic heterocycles. The first-order valence-electron chi connectivity index (χ1n) is 5.75. The number of imidazole rings is 1. The fourth-order valence-corrected chi connectivity index (χ4v) is 2.22. The molecule has 0 aliphatic heterocycles. The topological polar surface area (TPSA) is 37.6 Å². The van der Waals surface area contributed by atoms with Crippen LogP contribution >= 0.6 is 0 Å². The van der Waals surface area contributed by atoms with Gasteiger partial charge in [-0.1, -0.05) is 24.3 Å². The van der Waals surface area contributed by atoms with E-state index in [1.165, 1.54) is 0 Å². The van der Waals surface area contributed by atoms with E-state index >= 15 is 0 Å². The first kappa shape index (κ1) is 10.8. The maximum absolute atomic E-state index is 11.1. The minimum absolute atomic E-state index is 0.476. The number of nitrogens with zero attached hydrogens (tertiary/aromatic N) is 3. The van der Waals surface area contributed by atoms with Crippen molar-refractivity contribution in [3.8, 4) is 0 Å². The molecule has 0 amide bonds. The van der Waals surface area contributed by atoms with Crippen molar-refractivity contribution < 1.29 is 4.79 Å². The Bertz CT molecular complexity index is 743. The van der Waals surface area contributed by atoms with Gasteiger partial charge in [-0.3, -0.25) is 9.20 Å². The molecule has 0 bridgehead atoms. The summed E-state index contributed by atoms with van der Waals surface area (Å²) in [6, 6.07) is 12.0. The molecule has 0 saturated heterocycles. The van der Waals surface area contributed by atoms with Gasteiger partial charge in [0.25, 0.3) is 0 Å². The van der Waals surface area contributed by atoms with Gasteiger partial charge >= 0.3 is 0 Å². The molecule has 90 valence electrons. The Morgan fingerprint density at radius 1 is 1.11 bits per heavy atom. The van der Waals surface area contributed by atoms with Gasteiger partial charge in [-0.25, -0.2) is 4.98 Å². The molecule has 0 atom stereocenters. The summed E-state index contributed by atoms with van der Waals surface area (Å²) < 4.78 is 2.01. The number of rotatable bonds is 2. The molecule has 0 unspecified atom stereocenters. The molecule has 0 aliphatic carbocycles. The third kappa shape index (κ3) is 1.39. The predicted molar refractivity (Wildman–Crippen MR) is 72.4 cm³/mol. The van der Waals surface area contributed by atoms with Gasteiger partial charge in [-0.2, -0.15) is 0 Å². The van der Waals surface area contributed by atoms with Crippen LogP contribution in [0.3, 0.4) is 0 Å². The standard InChI is InChI=1S/C14H13N3O/c1-16(2)14-15-11(9-18)13-8-7-10-5-3-4-6-12(10)17(13)14/h3-9H,1-2H3. The Hall–Kier alpha value is -2.36.